The molecule has 18 heavy (non-hydrogen) atoms. The van der Waals surface area contributed by atoms with Crippen LogP contribution in [0.25, 0.3) is 0 Å². The molecule has 2 rings (SSSR count). The van der Waals surface area contributed by atoms with E-state index in [1.165, 1.54) is 0 Å². The van der Waals surface area contributed by atoms with Crippen molar-refractivity contribution in [3.05, 3.63) is 23.5 Å². The summed E-state index contributed by atoms with van der Waals surface area (Å²) in [4.78, 5) is 4.48. The lowest BCUT2D eigenvalue weighted by Crippen LogP contribution is -2.35. The molecule has 1 aliphatic rings. The van der Waals surface area contributed by atoms with Crippen LogP contribution in [-0.4, -0.2) is 33.9 Å². The van der Waals surface area contributed by atoms with Crippen molar-refractivity contribution in [3.63, 3.8) is 0 Å². The van der Waals surface area contributed by atoms with E-state index < -0.39 is 10.8 Å². The number of ether oxygens (including phenoxy) is 1. The van der Waals surface area contributed by atoms with E-state index in [1.54, 1.807) is 7.11 Å². The number of pyridine rings is 1. The topological polar surface area (TPSA) is 51.2 Å². The summed E-state index contributed by atoms with van der Waals surface area (Å²) in [5, 5.41) is 3.48. The fourth-order valence-electron chi connectivity index (χ4n) is 2.16. The Kier molecular flexibility index (Phi) is 4.72. The van der Waals surface area contributed by atoms with Gasteiger partial charge in [-0.15, -0.1) is 0 Å². The molecule has 0 aromatic carbocycles. The van der Waals surface area contributed by atoms with E-state index in [1.807, 2.05) is 19.1 Å². The van der Waals surface area contributed by atoms with Crippen molar-refractivity contribution in [2.45, 2.75) is 32.4 Å². The molecule has 1 aromatic heterocycles. The maximum atomic E-state index is 11.3. The number of rotatable bonds is 4. The minimum Gasteiger partial charge on any atom is -0.497 e. The van der Waals surface area contributed by atoms with Crippen molar-refractivity contribution in [2.24, 2.45) is 0 Å². The van der Waals surface area contributed by atoms with Crippen molar-refractivity contribution in [1.82, 2.24) is 10.3 Å². The fourth-order valence-corrected chi connectivity index (χ4v) is 3.46. The van der Waals surface area contributed by atoms with Crippen molar-refractivity contribution in [2.75, 3.05) is 18.6 Å². The largest absolute Gasteiger partial charge is 0.497 e. The Bertz CT molecular complexity index is 427. The maximum absolute atomic E-state index is 11.3. The predicted octanol–water partition coefficient (Wildman–Crippen LogP) is 1.40. The Morgan fingerprint density at radius 1 is 1.44 bits per heavy atom. The molecule has 1 aromatic rings. The molecule has 100 valence electrons. The van der Waals surface area contributed by atoms with E-state index in [4.69, 9.17) is 4.74 Å². The van der Waals surface area contributed by atoms with Crippen LogP contribution in [0.4, 0.5) is 0 Å². The molecule has 0 spiro atoms. The summed E-state index contributed by atoms with van der Waals surface area (Å²) in [5.41, 5.74) is 1.97. The Balaban J connectivity index is 1.89. The van der Waals surface area contributed by atoms with Crippen LogP contribution in [0.5, 0.6) is 5.75 Å². The van der Waals surface area contributed by atoms with E-state index in [2.05, 4.69) is 10.3 Å². The quantitative estimate of drug-likeness (QED) is 0.897. The molecular weight excluding hydrogens is 248 g/mol. The summed E-state index contributed by atoms with van der Waals surface area (Å²) in [5.74, 6) is 2.49. The molecule has 0 bridgehead atoms. The predicted molar refractivity (Wildman–Crippen MR) is 73.3 cm³/mol. The van der Waals surface area contributed by atoms with Crippen molar-refractivity contribution in [1.29, 1.82) is 0 Å². The molecule has 1 fully saturated rings. The van der Waals surface area contributed by atoms with Crippen molar-refractivity contribution < 1.29 is 8.95 Å². The molecule has 1 saturated heterocycles. The second-order valence-electron chi connectivity index (χ2n) is 4.64. The highest BCUT2D eigenvalue weighted by Crippen LogP contribution is 2.14. The number of nitrogens with zero attached hydrogens (tertiary/aromatic N) is 1. The second-order valence-corrected chi connectivity index (χ2v) is 6.34. The lowest BCUT2D eigenvalue weighted by molar-refractivity contribution is 0.411. The zero-order valence-electron chi connectivity index (χ0n) is 10.9. The Labute approximate surface area is 111 Å². The summed E-state index contributed by atoms with van der Waals surface area (Å²) in [7, 11) is 1.08. The molecule has 0 amide bonds. The van der Waals surface area contributed by atoms with Gasteiger partial charge >= 0.3 is 0 Å². The molecule has 0 atom stereocenters. The van der Waals surface area contributed by atoms with Crippen LogP contribution in [0.2, 0.25) is 0 Å². The summed E-state index contributed by atoms with van der Waals surface area (Å²) >= 11 is 0. The minimum absolute atomic E-state index is 0.469. The standard InChI is InChI=1S/C13H20N2O2S/c1-10-7-13(17-2)8-12(15-10)9-14-11-3-5-18(16)6-4-11/h7-8,11,14H,3-6,9H2,1-2H3. The van der Waals surface area contributed by atoms with E-state index in [0.717, 1.165) is 48.0 Å². The van der Waals surface area contributed by atoms with Crippen LogP contribution in [0.15, 0.2) is 12.1 Å². The molecule has 0 radical (unpaired) electrons. The van der Waals surface area contributed by atoms with Gasteiger partial charge in [0.2, 0.25) is 0 Å². The second kappa shape index (κ2) is 6.29. The molecule has 0 saturated carbocycles. The maximum Gasteiger partial charge on any atom is 0.122 e. The van der Waals surface area contributed by atoms with Gasteiger partial charge < -0.3 is 10.1 Å². The molecule has 0 aliphatic carbocycles. The van der Waals surface area contributed by atoms with Crippen molar-refractivity contribution >= 4 is 10.8 Å². The molecule has 2 heterocycles. The normalized spacial score (nSPS) is 23.9. The third-order valence-corrected chi connectivity index (χ3v) is 4.56. The van der Waals surface area contributed by atoms with E-state index >= 15 is 0 Å². The molecule has 1 N–H and O–H groups in total. The van der Waals surface area contributed by atoms with Crippen molar-refractivity contribution in [3.8, 4) is 5.75 Å². The summed E-state index contributed by atoms with van der Waals surface area (Å²) in [6.07, 6.45) is 1.99. The third-order valence-electron chi connectivity index (χ3n) is 3.18. The van der Waals surface area contributed by atoms with Crippen LogP contribution in [0.3, 0.4) is 0 Å². The first-order chi connectivity index (χ1) is 8.67. The zero-order chi connectivity index (χ0) is 13.0. The monoisotopic (exact) mass is 268 g/mol. The van der Waals surface area contributed by atoms with Crippen LogP contribution in [0, 0.1) is 6.92 Å². The van der Waals surface area contributed by atoms with E-state index in [9.17, 15) is 4.21 Å². The average Bonchev–Trinajstić information content (AvgIpc) is 2.37. The van der Waals surface area contributed by atoms with Gasteiger partial charge in [-0.2, -0.15) is 0 Å². The Morgan fingerprint density at radius 2 is 2.17 bits per heavy atom. The number of methoxy groups -OCH3 is 1. The summed E-state index contributed by atoms with van der Waals surface area (Å²) in [6.45, 7) is 2.71. The molecule has 0 unspecified atom stereocenters. The molecule has 4 nitrogen and oxygen atoms in total. The van der Waals surface area contributed by atoms with Gasteiger partial charge in [-0.05, 0) is 19.8 Å². The first-order valence-electron chi connectivity index (χ1n) is 6.27. The molecule has 5 heteroatoms. The van der Waals surface area contributed by atoms with Crippen LogP contribution >= 0.6 is 0 Å². The van der Waals surface area contributed by atoms with Gasteiger partial charge in [-0.1, -0.05) is 0 Å². The number of hydrogen-bond donors (Lipinski definition) is 1. The number of hydrogen-bond acceptors (Lipinski definition) is 4. The number of nitrogens with one attached hydrogen (secondary N) is 1. The SMILES string of the molecule is COc1cc(C)nc(CNC2CCS(=O)CC2)c1. The summed E-state index contributed by atoms with van der Waals surface area (Å²) in [6, 6.07) is 4.35. The Hall–Kier alpha value is -0.940. The van der Waals surface area contributed by atoms with Gasteiger partial charge in [0.15, 0.2) is 0 Å². The van der Waals surface area contributed by atoms with Gasteiger partial charge in [-0.3, -0.25) is 9.19 Å². The highest BCUT2D eigenvalue weighted by Gasteiger charge is 2.17. The smallest absolute Gasteiger partial charge is 0.122 e. The first-order valence-corrected chi connectivity index (χ1v) is 7.76. The van der Waals surface area contributed by atoms with Gasteiger partial charge in [0.25, 0.3) is 0 Å². The highest BCUT2D eigenvalue weighted by atomic mass is 32.2. The van der Waals surface area contributed by atoms with Gasteiger partial charge in [0.05, 0.1) is 12.8 Å². The molecular formula is C13H20N2O2S. The van der Waals surface area contributed by atoms with E-state index in [-0.39, 0.29) is 0 Å². The van der Waals surface area contributed by atoms with Crippen LogP contribution < -0.4 is 10.1 Å². The fraction of sp³-hybridized carbons (Fsp3) is 0.615. The average molecular weight is 268 g/mol. The number of aryl methyl sites for hydroxylation is 1. The first kappa shape index (κ1) is 13.5. The molecule has 1 aliphatic heterocycles. The van der Waals surface area contributed by atoms with Gasteiger partial charge in [0.1, 0.15) is 5.75 Å². The summed E-state index contributed by atoms with van der Waals surface area (Å²) < 4.78 is 16.5. The third kappa shape index (κ3) is 3.78. The van der Waals surface area contributed by atoms with E-state index in [0.29, 0.717) is 6.04 Å². The number of aromatic nitrogens is 1. The van der Waals surface area contributed by atoms with Gasteiger partial charge in [0, 0.05) is 52.7 Å². The highest BCUT2D eigenvalue weighted by molar-refractivity contribution is 7.85. The lowest BCUT2D eigenvalue weighted by Gasteiger charge is -2.22. The Morgan fingerprint density at radius 3 is 2.83 bits per heavy atom. The van der Waals surface area contributed by atoms with Gasteiger partial charge in [-0.25, -0.2) is 0 Å². The van der Waals surface area contributed by atoms with Crippen LogP contribution in [-0.2, 0) is 17.3 Å². The zero-order valence-corrected chi connectivity index (χ0v) is 11.8. The van der Waals surface area contributed by atoms with Crippen LogP contribution in [0.1, 0.15) is 24.2 Å². The lowest BCUT2D eigenvalue weighted by atomic mass is 10.1. The minimum atomic E-state index is -0.593.